The van der Waals surface area contributed by atoms with Gasteiger partial charge in [0.2, 0.25) is 0 Å². The summed E-state index contributed by atoms with van der Waals surface area (Å²) in [5.41, 5.74) is 7.28. The van der Waals surface area contributed by atoms with Gasteiger partial charge in [-0.3, -0.25) is 5.41 Å². The summed E-state index contributed by atoms with van der Waals surface area (Å²) in [6.45, 7) is 3.54. The van der Waals surface area contributed by atoms with E-state index in [-0.39, 0.29) is 11.9 Å². The Labute approximate surface area is 115 Å². The Bertz CT molecular complexity index is 464. The van der Waals surface area contributed by atoms with E-state index in [4.69, 9.17) is 11.1 Å². The molecule has 0 aromatic heterocycles. The van der Waals surface area contributed by atoms with Crippen LogP contribution in [0.1, 0.15) is 18.9 Å². The van der Waals surface area contributed by atoms with Gasteiger partial charge in [0, 0.05) is 23.2 Å². The van der Waals surface area contributed by atoms with Gasteiger partial charge in [0.15, 0.2) is 0 Å². The average Bonchev–Trinajstić information content (AvgIpc) is 2.32. The fraction of sp³-hybridized carbons (Fsp3) is 0.462. The van der Waals surface area contributed by atoms with Crippen molar-refractivity contribution in [2.75, 3.05) is 18.0 Å². The molecule has 2 unspecified atom stereocenters. The van der Waals surface area contributed by atoms with E-state index in [2.05, 4.69) is 27.8 Å². The maximum atomic E-state index is 9.97. The molecule has 0 aliphatic carbocycles. The molecule has 0 saturated carbocycles. The van der Waals surface area contributed by atoms with E-state index in [9.17, 15) is 5.11 Å². The number of nitrogens with two attached hydrogens (primary N) is 1. The zero-order chi connectivity index (χ0) is 13.3. The number of halogens is 1. The minimum absolute atomic E-state index is 0.0468. The molecule has 98 valence electrons. The van der Waals surface area contributed by atoms with Gasteiger partial charge in [-0.05, 0) is 40.4 Å². The van der Waals surface area contributed by atoms with Crippen LogP contribution in [-0.4, -0.2) is 30.1 Å². The van der Waals surface area contributed by atoms with Gasteiger partial charge < -0.3 is 15.7 Å². The molecule has 0 spiro atoms. The number of anilines is 1. The summed E-state index contributed by atoms with van der Waals surface area (Å²) in [6, 6.07) is 5.75. The molecule has 4 nitrogen and oxygen atoms in total. The summed E-state index contributed by atoms with van der Waals surface area (Å²) >= 11 is 3.43. The molecule has 4 N–H and O–H groups in total. The van der Waals surface area contributed by atoms with Crippen molar-refractivity contribution in [2.45, 2.75) is 19.4 Å². The molecule has 0 bridgehead atoms. The van der Waals surface area contributed by atoms with Crippen LogP contribution in [0.25, 0.3) is 0 Å². The van der Waals surface area contributed by atoms with Crippen LogP contribution in [0.2, 0.25) is 0 Å². The number of hydrogen-bond acceptors (Lipinski definition) is 3. The lowest BCUT2D eigenvalue weighted by molar-refractivity contribution is 0.103. The van der Waals surface area contributed by atoms with Crippen molar-refractivity contribution in [3.8, 4) is 0 Å². The first-order valence-corrected chi connectivity index (χ1v) is 6.86. The van der Waals surface area contributed by atoms with Crippen LogP contribution in [0, 0.1) is 11.3 Å². The number of rotatable bonds is 2. The van der Waals surface area contributed by atoms with Gasteiger partial charge in [0.25, 0.3) is 0 Å². The molecule has 0 amide bonds. The molecule has 1 fully saturated rings. The largest absolute Gasteiger partial charge is 0.391 e. The smallest absolute Gasteiger partial charge is 0.126 e. The predicted octanol–water partition coefficient (Wildman–Crippen LogP) is 1.94. The Hall–Kier alpha value is -1.07. The maximum absolute atomic E-state index is 9.97. The average molecular weight is 312 g/mol. The minimum atomic E-state index is -0.322. The summed E-state index contributed by atoms with van der Waals surface area (Å²) in [5, 5.41) is 17.7. The van der Waals surface area contributed by atoms with Crippen molar-refractivity contribution < 1.29 is 5.11 Å². The molecule has 5 heteroatoms. The molecule has 1 saturated heterocycles. The molecular weight excluding hydrogens is 294 g/mol. The number of aliphatic hydroxyl groups excluding tert-OH is 1. The van der Waals surface area contributed by atoms with Gasteiger partial charge in [-0.2, -0.15) is 0 Å². The van der Waals surface area contributed by atoms with Gasteiger partial charge >= 0.3 is 0 Å². The molecule has 18 heavy (non-hydrogen) atoms. The summed E-state index contributed by atoms with van der Waals surface area (Å²) in [5.74, 6) is 0.375. The normalized spacial score (nSPS) is 24.1. The highest BCUT2D eigenvalue weighted by atomic mass is 79.9. The molecule has 1 heterocycles. The second kappa shape index (κ2) is 5.28. The summed E-state index contributed by atoms with van der Waals surface area (Å²) in [6.07, 6.45) is 0.628. The molecule has 1 aliphatic heterocycles. The summed E-state index contributed by atoms with van der Waals surface area (Å²) in [7, 11) is 0. The van der Waals surface area contributed by atoms with E-state index in [0.29, 0.717) is 18.0 Å². The van der Waals surface area contributed by atoms with Gasteiger partial charge in [-0.1, -0.05) is 13.0 Å². The van der Waals surface area contributed by atoms with Gasteiger partial charge in [0.1, 0.15) is 5.84 Å². The van der Waals surface area contributed by atoms with E-state index < -0.39 is 0 Å². The number of nitrogen functional groups attached to an aromatic ring is 1. The summed E-state index contributed by atoms with van der Waals surface area (Å²) < 4.78 is 0.820. The van der Waals surface area contributed by atoms with Crippen LogP contribution >= 0.6 is 15.9 Å². The van der Waals surface area contributed by atoms with Crippen LogP contribution in [-0.2, 0) is 0 Å². The predicted molar refractivity (Wildman–Crippen MR) is 77.2 cm³/mol. The highest BCUT2D eigenvalue weighted by molar-refractivity contribution is 9.10. The Morgan fingerprint density at radius 1 is 1.56 bits per heavy atom. The first kappa shape index (κ1) is 13.4. The molecule has 2 rings (SSSR count). The second-order valence-corrected chi connectivity index (χ2v) is 5.68. The highest BCUT2D eigenvalue weighted by Gasteiger charge is 2.26. The zero-order valence-corrected chi connectivity index (χ0v) is 11.9. The molecule has 1 aromatic carbocycles. The van der Waals surface area contributed by atoms with E-state index in [1.165, 1.54) is 0 Å². The highest BCUT2D eigenvalue weighted by Crippen LogP contribution is 2.30. The number of hydrogen-bond donors (Lipinski definition) is 3. The van der Waals surface area contributed by atoms with Crippen molar-refractivity contribution in [2.24, 2.45) is 11.7 Å². The second-order valence-electron chi connectivity index (χ2n) is 4.83. The Kier molecular flexibility index (Phi) is 3.92. The third-order valence-corrected chi connectivity index (χ3v) is 4.18. The number of amidine groups is 1. The SMILES string of the molecule is CC1CCN(c2cccc(Br)c2C(=N)N)CC1O. The quantitative estimate of drug-likeness (QED) is 0.577. The van der Waals surface area contributed by atoms with Crippen LogP contribution in [0.5, 0.6) is 0 Å². The fourth-order valence-corrected chi connectivity index (χ4v) is 2.88. The number of benzene rings is 1. The van der Waals surface area contributed by atoms with Crippen molar-refractivity contribution >= 4 is 27.5 Å². The topological polar surface area (TPSA) is 73.3 Å². The lowest BCUT2D eigenvalue weighted by atomic mass is 9.95. The van der Waals surface area contributed by atoms with E-state index >= 15 is 0 Å². The Morgan fingerprint density at radius 2 is 2.28 bits per heavy atom. The Balaban J connectivity index is 2.34. The fourth-order valence-electron chi connectivity index (χ4n) is 2.31. The van der Waals surface area contributed by atoms with Gasteiger partial charge in [-0.15, -0.1) is 0 Å². The van der Waals surface area contributed by atoms with Crippen LogP contribution in [0.3, 0.4) is 0 Å². The van der Waals surface area contributed by atoms with E-state index in [1.807, 2.05) is 18.2 Å². The lowest BCUT2D eigenvalue weighted by Gasteiger charge is -2.36. The molecule has 2 atom stereocenters. The summed E-state index contributed by atoms with van der Waals surface area (Å²) in [4.78, 5) is 2.10. The monoisotopic (exact) mass is 311 g/mol. The van der Waals surface area contributed by atoms with Crippen molar-refractivity contribution in [3.05, 3.63) is 28.2 Å². The molecule has 1 aromatic rings. The number of β-amino-alcohol motifs (C(OH)–C–C–N with tert-alkyl or cyclic N) is 1. The standard InChI is InChI=1S/C13H18BrN3O/c1-8-5-6-17(7-11(8)18)10-4-2-3-9(14)12(10)13(15)16/h2-4,8,11,18H,5-7H2,1H3,(H3,15,16). The van der Waals surface area contributed by atoms with Gasteiger partial charge in [-0.25, -0.2) is 0 Å². The van der Waals surface area contributed by atoms with E-state index in [0.717, 1.165) is 23.1 Å². The number of aliphatic hydroxyl groups is 1. The minimum Gasteiger partial charge on any atom is -0.391 e. The molecule has 0 radical (unpaired) electrons. The third kappa shape index (κ3) is 2.52. The lowest BCUT2D eigenvalue weighted by Crippen LogP contribution is -2.43. The van der Waals surface area contributed by atoms with Crippen LogP contribution in [0.4, 0.5) is 5.69 Å². The number of nitrogens with one attached hydrogen (secondary N) is 1. The van der Waals surface area contributed by atoms with E-state index in [1.54, 1.807) is 0 Å². The maximum Gasteiger partial charge on any atom is 0.126 e. The molecular formula is C13H18BrN3O. The first-order valence-electron chi connectivity index (χ1n) is 6.06. The van der Waals surface area contributed by atoms with Crippen molar-refractivity contribution in [1.29, 1.82) is 5.41 Å². The third-order valence-electron chi connectivity index (χ3n) is 3.52. The van der Waals surface area contributed by atoms with Gasteiger partial charge in [0.05, 0.1) is 11.7 Å². The van der Waals surface area contributed by atoms with Crippen LogP contribution in [0.15, 0.2) is 22.7 Å². The first-order chi connectivity index (χ1) is 8.50. The zero-order valence-electron chi connectivity index (χ0n) is 10.4. The van der Waals surface area contributed by atoms with Crippen LogP contribution < -0.4 is 10.6 Å². The van der Waals surface area contributed by atoms with Crippen molar-refractivity contribution in [3.63, 3.8) is 0 Å². The molecule has 1 aliphatic rings. The van der Waals surface area contributed by atoms with Crippen molar-refractivity contribution in [1.82, 2.24) is 0 Å². The Morgan fingerprint density at radius 3 is 2.89 bits per heavy atom. The number of piperidine rings is 1. The number of nitrogens with zero attached hydrogens (tertiary/aromatic N) is 1.